The van der Waals surface area contributed by atoms with Crippen LogP contribution in [0.4, 0.5) is 0 Å². The molecule has 0 saturated carbocycles. The van der Waals surface area contributed by atoms with Crippen molar-refractivity contribution in [1.82, 2.24) is 5.32 Å². The fourth-order valence-corrected chi connectivity index (χ4v) is 14.1. The molecule has 0 rings (SSSR count). The van der Waals surface area contributed by atoms with Crippen LogP contribution in [0.2, 0.25) is 0 Å². The normalized spacial score (nSPS) is 12.5. The molecule has 0 aromatic carbocycles. The summed E-state index contributed by atoms with van der Waals surface area (Å²) in [5.74, 6) is -0.0398. The van der Waals surface area contributed by atoms with Crippen LogP contribution >= 0.6 is 0 Å². The summed E-state index contributed by atoms with van der Waals surface area (Å²) < 4.78 is 5.50. The van der Waals surface area contributed by atoms with E-state index < -0.39 is 12.1 Å². The van der Waals surface area contributed by atoms with Crippen molar-refractivity contribution in [3.8, 4) is 0 Å². The summed E-state index contributed by atoms with van der Waals surface area (Å²) in [4.78, 5) is 24.7. The number of nitrogens with one attached hydrogen (secondary N) is 1. The zero-order valence-corrected chi connectivity index (χ0v) is 64.2. The van der Waals surface area contributed by atoms with Crippen LogP contribution in [-0.4, -0.2) is 47.4 Å². The second-order valence-electron chi connectivity index (χ2n) is 30.2. The van der Waals surface area contributed by atoms with Crippen molar-refractivity contribution >= 4 is 11.9 Å². The first-order chi connectivity index (χ1) is 46.5. The highest BCUT2D eigenvalue weighted by Gasteiger charge is 2.18. The number of rotatable bonds is 83. The minimum atomic E-state index is -0.842. The van der Waals surface area contributed by atoms with Gasteiger partial charge < -0.3 is 20.3 Å². The van der Waals surface area contributed by atoms with Crippen molar-refractivity contribution < 1.29 is 24.5 Å². The molecule has 2 unspecified atom stereocenters. The maximum Gasteiger partial charge on any atom is 0.305 e. The van der Waals surface area contributed by atoms with E-state index in [2.05, 4.69) is 31.3 Å². The fraction of sp³-hybridized carbons (Fsp3) is 0.932. The lowest BCUT2D eigenvalue weighted by molar-refractivity contribution is -0.143. The third kappa shape index (κ3) is 79.3. The molecule has 6 heteroatoms. The number of unbranched alkanes of at least 4 members (excludes halogenated alkanes) is 70. The molecule has 6 nitrogen and oxygen atoms in total. The average molecular weight is 1320 g/mol. The van der Waals surface area contributed by atoms with Crippen molar-refractivity contribution in [1.29, 1.82) is 0 Å². The van der Waals surface area contributed by atoms with Gasteiger partial charge >= 0.3 is 5.97 Å². The Morgan fingerprint density at radius 2 is 0.500 bits per heavy atom. The van der Waals surface area contributed by atoms with E-state index in [0.29, 0.717) is 19.4 Å². The lowest BCUT2D eigenvalue weighted by Gasteiger charge is -2.20. The maximum atomic E-state index is 12.6. The standard InChI is InChI=1S/C88H171NO5/c1-3-5-7-9-11-13-15-17-19-20-21-22-23-37-40-43-46-49-53-56-60-64-68-72-76-80-86(91)85(84-90)89-87(92)81-77-73-69-65-61-57-54-50-47-44-41-38-35-33-31-29-27-25-24-26-28-30-32-34-36-39-42-45-48-51-55-59-63-67-71-75-79-83-94-88(93)82-78-74-70-66-62-58-52-18-16-14-12-10-8-6-4-2/h18,52,76,80,85-86,90-91H,3-17,19-51,53-75,77-79,81-84H2,1-2H3,(H,89,92)/b52-18-,80-76+. The molecule has 0 aromatic rings. The molecule has 0 aliphatic carbocycles. The number of hydrogen-bond donors (Lipinski definition) is 3. The maximum absolute atomic E-state index is 12.6. The van der Waals surface area contributed by atoms with Crippen LogP contribution in [0, 0.1) is 0 Å². The van der Waals surface area contributed by atoms with Crippen molar-refractivity contribution in [2.75, 3.05) is 13.2 Å². The number of hydrogen-bond acceptors (Lipinski definition) is 5. The highest BCUT2D eigenvalue weighted by molar-refractivity contribution is 5.76. The highest BCUT2D eigenvalue weighted by Crippen LogP contribution is 2.21. The first-order valence-corrected chi connectivity index (χ1v) is 43.6. The van der Waals surface area contributed by atoms with Crippen molar-refractivity contribution in [2.24, 2.45) is 0 Å². The van der Waals surface area contributed by atoms with Crippen molar-refractivity contribution in [3.05, 3.63) is 24.3 Å². The van der Waals surface area contributed by atoms with E-state index in [4.69, 9.17) is 4.74 Å². The summed E-state index contributed by atoms with van der Waals surface area (Å²) >= 11 is 0. The number of aliphatic hydroxyl groups is 2. The Labute approximate surface area is 590 Å². The van der Waals surface area contributed by atoms with E-state index in [1.807, 2.05) is 6.08 Å². The lowest BCUT2D eigenvalue weighted by atomic mass is 10.0. The molecule has 558 valence electrons. The minimum absolute atomic E-state index is 0.0164. The zero-order valence-electron chi connectivity index (χ0n) is 64.2. The smallest absolute Gasteiger partial charge is 0.305 e. The lowest BCUT2D eigenvalue weighted by Crippen LogP contribution is -2.45. The van der Waals surface area contributed by atoms with Gasteiger partial charge in [0.2, 0.25) is 5.91 Å². The third-order valence-corrected chi connectivity index (χ3v) is 20.7. The summed E-state index contributed by atoms with van der Waals surface area (Å²) in [5.41, 5.74) is 0. The van der Waals surface area contributed by atoms with E-state index in [0.717, 1.165) is 44.9 Å². The molecular formula is C88H171NO5. The molecule has 0 fully saturated rings. The monoisotopic (exact) mass is 1320 g/mol. The summed E-state index contributed by atoms with van der Waals surface area (Å²) in [6.07, 6.45) is 109. The molecule has 94 heavy (non-hydrogen) atoms. The van der Waals surface area contributed by atoms with Crippen LogP contribution in [0.15, 0.2) is 24.3 Å². The predicted molar refractivity (Wildman–Crippen MR) is 417 cm³/mol. The van der Waals surface area contributed by atoms with E-state index in [-0.39, 0.29) is 18.5 Å². The Morgan fingerprint density at radius 1 is 0.287 bits per heavy atom. The number of allylic oxidation sites excluding steroid dienone is 3. The second-order valence-corrected chi connectivity index (χ2v) is 30.2. The molecule has 0 bridgehead atoms. The van der Waals surface area contributed by atoms with Gasteiger partial charge in [0.1, 0.15) is 0 Å². The largest absolute Gasteiger partial charge is 0.466 e. The van der Waals surface area contributed by atoms with Gasteiger partial charge in [-0.1, -0.05) is 456 Å². The Hall–Kier alpha value is -1.66. The second kappa shape index (κ2) is 83.8. The molecular weight excluding hydrogens is 1150 g/mol. The highest BCUT2D eigenvalue weighted by atomic mass is 16.5. The van der Waals surface area contributed by atoms with Gasteiger partial charge in [-0.25, -0.2) is 0 Å². The molecule has 0 saturated heterocycles. The average Bonchev–Trinajstić information content (AvgIpc) is 3.59. The molecule has 0 heterocycles. The number of aliphatic hydroxyl groups excluding tert-OH is 2. The number of amides is 1. The Morgan fingerprint density at radius 3 is 0.755 bits per heavy atom. The first-order valence-electron chi connectivity index (χ1n) is 43.6. The van der Waals surface area contributed by atoms with Gasteiger partial charge in [0.25, 0.3) is 0 Å². The van der Waals surface area contributed by atoms with Crippen LogP contribution < -0.4 is 5.32 Å². The van der Waals surface area contributed by atoms with Gasteiger partial charge in [0, 0.05) is 12.8 Å². The molecule has 2 atom stereocenters. The molecule has 0 aromatic heterocycles. The molecule has 0 aliphatic rings. The summed E-state index contributed by atoms with van der Waals surface area (Å²) in [6, 6.07) is -0.625. The van der Waals surface area contributed by atoms with Crippen LogP contribution in [0.1, 0.15) is 502 Å². The van der Waals surface area contributed by atoms with Gasteiger partial charge in [0.15, 0.2) is 0 Å². The summed E-state index contributed by atoms with van der Waals surface area (Å²) in [7, 11) is 0. The Bertz CT molecular complexity index is 1480. The van der Waals surface area contributed by atoms with Gasteiger partial charge in [-0.15, -0.1) is 0 Å². The Balaban J connectivity index is 3.33. The van der Waals surface area contributed by atoms with Gasteiger partial charge in [-0.3, -0.25) is 9.59 Å². The minimum Gasteiger partial charge on any atom is -0.466 e. The van der Waals surface area contributed by atoms with Crippen LogP contribution in [0.3, 0.4) is 0 Å². The molecule has 0 radical (unpaired) electrons. The quantitative estimate of drug-likeness (QED) is 0.0320. The van der Waals surface area contributed by atoms with E-state index in [9.17, 15) is 19.8 Å². The molecule has 3 N–H and O–H groups in total. The Kier molecular flexibility index (Phi) is 82.3. The van der Waals surface area contributed by atoms with Crippen LogP contribution in [0.25, 0.3) is 0 Å². The number of esters is 1. The van der Waals surface area contributed by atoms with Crippen LogP contribution in [0.5, 0.6) is 0 Å². The van der Waals surface area contributed by atoms with E-state index >= 15 is 0 Å². The molecule has 0 spiro atoms. The molecule has 1 amide bonds. The van der Waals surface area contributed by atoms with Crippen LogP contribution in [-0.2, 0) is 14.3 Å². The first kappa shape index (κ1) is 92.3. The topological polar surface area (TPSA) is 95.9 Å². The van der Waals surface area contributed by atoms with Gasteiger partial charge in [-0.2, -0.15) is 0 Å². The summed E-state index contributed by atoms with van der Waals surface area (Å²) in [6.45, 7) is 4.96. The SMILES string of the molecule is CCCCCCCC/C=C\CCCCCCCC(=O)OCCCCCCCCCCCCCCCCCCCCCCCCCCCCCCCCCCCCCCCC(=O)NC(CO)C(O)/C=C/CCCCCCCCCCCCCCCCCCCCCCCCC. The third-order valence-electron chi connectivity index (χ3n) is 20.7. The fourth-order valence-electron chi connectivity index (χ4n) is 14.1. The summed E-state index contributed by atoms with van der Waals surface area (Å²) in [5, 5.41) is 23.3. The van der Waals surface area contributed by atoms with Gasteiger partial charge in [0.05, 0.1) is 25.4 Å². The predicted octanol–water partition coefficient (Wildman–Crippen LogP) is 29.2. The number of carbonyl (C=O) groups excluding carboxylic acids is 2. The zero-order chi connectivity index (χ0) is 67.7. The number of ether oxygens (including phenoxy) is 1. The molecule has 0 aliphatic heterocycles. The van der Waals surface area contributed by atoms with Gasteiger partial charge in [-0.05, 0) is 57.8 Å². The van der Waals surface area contributed by atoms with Crippen molar-refractivity contribution in [3.63, 3.8) is 0 Å². The van der Waals surface area contributed by atoms with E-state index in [1.165, 1.54) is 430 Å². The van der Waals surface area contributed by atoms with E-state index in [1.54, 1.807) is 6.08 Å². The number of carbonyl (C=O) groups is 2. The van der Waals surface area contributed by atoms with Crippen molar-refractivity contribution in [2.45, 2.75) is 514 Å².